The molecule has 156 valence electrons. The number of carbonyl (C=O) groups is 1. The van der Waals surface area contributed by atoms with E-state index < -0.39 is 0 Å². The van der Waals surface area contributed by atoms with Crippen molar-refractivity contribution >= 4 is 11.7 Å². The van der Waals surface area contributed by atoms with Crippen LogP contribution in [0.3, 0.4) is 0 Å². The van der Waals surface area contributed by atoms with Crippen LogP contribution in [-0.2, 0) is 6.42 Å². The monoisotopic (exact) mass is 399 g/mol. The minimum Gasteiger partial charge on any atom is -0.493 e. The van der Waals surface area contributed by atoms with E-state index in [4.69, 9.17) is 14.2 Å². The summed E-state index contributed by atoms with van der Waals surface area (Å²) in [6, 6.07) is 14.1. The minimum absolute atomic E-state index is 0.0230. The van der Waals surface area contributed by atoms with Crippen LogP contribution in [0.5, 0.6) is 17.2 Å². The lowest BCUT2D eigenvalue weighted by Crippen LogP contribution is -2.52. The van der Waals surface area contributed by atoms with Crippen LogP contribution in [0.25, 0.3) is 0 Å². The number of rotatable bonds is 7. The van der Waals surface area contributed by atoms with Crippen molar-refractivity contribution in [3.63, 3.8) is 0 Å². The largest absolute Gasteiger partial charge is 0.493 e. The van der Waals surface area contributed by atoms with Crippen LogP contribution < -0.4 is 24.4 Å². The fourth-order valence-corrected chi connectivity index (χ4v) is 3.51. The first-order valence-electron chi connectivity index (χ1n) is 9.78. The highest BCUT2D eigenvalue weighted by Gasteiger charge is 2.21. The molecule has 1 fully saturated rings. The fraction of sp³-hybridized carbons (Fsp3) is 0.409. The van der Waals surface area contributed by atoms with E-state index in [1.54, 1.807) is 21.3 Å². The Labute approximate surface area is 172 Å². The Morgan fingerprint density at radius 3 is 2.10 bits per heavy atom. The highest BCUT2D eigenvalue weighted by molar-refractivity contribution is 5.74. The van der Waals surface area contributed by atoms with Crippen molar-refractivity contribution in [3.8, 4) is 17.2 Å². The number of piperazine rings is 1. The number of urea groups is 1. The Kier molecular flexibility index (Phi) is 7.05. The summed E-state index contributed by atoms with van der Waals surface area (Å²) in [4.78, 5) is 16.7. The van der Waals surface area contributed by atoms with Crippen molar-refractivity contribution in [2.24, 2.45) is 0 Å². The van der Waals surface area contributed by atoms with Gasteiger partial charge in [0.25, 0.3) is 0 Å². The molecule has 3 rings (SSSR count). The third kappa shape index (κ3) is 5.04. The van der Waals surface area contributed by atoms with Crippen LogP contribution in [0.2, 0.25) is 0 Å². The van der Waals surface area contributed by atoms with Gasteiger partial charge in [0, 0.05) is 38.4 Å². The highest BCUT2D eigenvalue weighted by Crippen LogP contribution is 2.38. The minimum atomic E-state index is -0.0230. The maximum absolute atomic E-state index is 12.5. The van der Waals surface area contributed by atoms with Gasteiger partial charge in [0.1, 0.15) is 0 Å². The molecule has 7 nitrogen and oxygen atoms in total. The second kappa shape index (κ2) is 9.91. The van der Waals surface area contributed by atoms with Gasteiger partial charge >= 0.3 is 6.03 Å². The molecule has 2 aromatic rings. The molecule has 0 aromatic heterocycles. The molecule has 29 heavy (non-hydrogen) atoms. The van der Waals surface area contributed by atoms with Gasteiger partial charge in [-0.05, 0) is 36.2 Å². The van der Waals surface area contributed by atoms with Gasteiger partial charge in [0.05, 0.1) is 21.3 Å². The molecule has 2 aromatic carbocycles. The summed E-state index contributed by atoms with van der Waals surface area (Å²) < 4.78 is 16.1. The molecule has 0 bridgehead atoms. The van der Waals surface area contributed by atoms with Crippen LogP contribution in [0, 0.1) is 0 Å². The molecule has 0 spiro atoms. The van der Waals surface area contributed by atoms with Gasteiger partial charge in [-0.25, -0.2) is 4.79 Å². The number of nitrogens with zero attached hydrogens (tertiary/aromatic N) is 2. The molecule has 2 amide bonds. The molecule has 0 atom stereocenters. The molecule has 1 aliphatic heterocycles. The van der Waals surface area contributed by atoms with Crippen molar-refractivity contribution < 1.29 is 19.0 Å². The zero-order chi connectivity index (χ0) is 20.6. The standard InChI is InChI=1S/C22H29N3O4/c1-27-19-15-17(16-20(28-2)21(19)29-3)9-10-23-22(26)25-13-11-24(12-14-25)18-7-5-4-6-8-18/h4-8,15-16H,9-14H2,1-3H3,(H,23,26). The van der Waals surface area contributed by atoms with Gasteiger partial charge in [-0.15, -0.1) is 0 Å². The zero-order valence-corrected chi connectivity index (χ0v) is 17.3. The first-order valence-corrected chi connectivity index (χ1v) is 9.78. The number of ether oxygens (including phenoxy) is 3. The lowest BCUT2D eigenvalue weighted by Gasteiger charge is -2.36. The molecule has 1 saturated heterocycles. The first kappa shape index (κ1) is 20.6. The lowest BCUT2D eigenvalue weighted by molar-refractivity contribution is 0.194. The van der Waals surface area contributed by atoms with Gasteiger partial charge < -0.3 is 29.3 Å². The third-order valence-electron chi connectivity index (χ3n) is 5.10. The molecule has 1 aliphatic rings. The normalized spacial score (nSPS) is 13.8. The predicted molar refractivity (Wildman–Crippen MR) is 113 cm³/mol. The number of anilines is 1. The SMILES string of the molecule is COc1cc(CCNC(=O)N2CCN(c3ccccc3)CC2)cc(OC)c1OC. The van der Waals surface area contributed by atoms with E-state index in [9.17, 15) is 4.79 Å². The second-order valence-electron chi connectivity index (χ2n) is 6.83. The lowest BCUT2D eigenvalue weighted by atomic mass is 10.1. The average Bonchev–Trinajstić information content (AvgIpc) is 2.78. The zero-order valence-electron chi connectivity index (χ0n) is 17.3. The maximum atomic E-state index is 12.5. The predicted octanol–water partition coefficient (Wildman–Crippen LogP) is 2.79. The number of para-hydroxylation sites is 1. The Balaban J connectivity index is 1.49. The van der Waals surface area contributed by atoms with E-state index in [1.165, 1.54) is 5.69 Å². The maximum Gasteiger partial charge on any atom is 0.317 e. The summed E-state index contributed by atoms with van der Waals surface area (Å²) in [5.74, 6) is 1.80. The number of carbonyl (C=O) groups excluding carboxylic acids is 1. The molecular weight excluding hydrogens is 370 g/mol. The van der Waals surface area contributed by atoms with Crippen molar-refractivity contribution in [3.05, 3.63) is 48.0 Å². The number of nitrogens with one attached hydrogen (secondary N) is 1. The van der Waals surface area contributed by atoms with Crippen LogP contribution in [0.4, 0.5) is 10.5 Å². The third-order valence-corrected chi connectivity index (χ3v) is 5.10. The molecule has 7 heteroatoms. The number of hydrogen-bond acceptors (Lipinski definition) is 5. The second-order valence-corrected chi connectivity index (χ2v) is 6.83. The van der Waals surface area contributed by atoms with E-state index in [0.717, 1.165) is 18.7 Å². The average molecular weight is 399 g/mol. The van der Waals surface area contributed by atoms with Gasteiger partial charge in [0.15, 0.2) is 11.5 Å². The number of amides is 2. The molecule has 1 heterocycles. The first-order chi connectivity index (χ1) is 14.2. The Bertz CT molecular complexity index is 780. The quantitative estimate of drug-likeness (QED) is 0.776. The fourth-order valence-electron chi connectivity index (χ4n) is 3.51. The van der Waals surface area contributed by atoms with Gasteiger partial charge in [-0.3, -0.25) is 0 Å². The molecule has 0 radical (unpaired) electrons. The van der Waals surface area contributed by atoms with Gasteiger partial charge in [-0.2, -0.15) is 0 Å². The van der Waals surface area contributed by atoms with Crippen LogP contribution in [-0.4, -0.2) is 65.0 Å². The van der Waals surface area contributed by atoms with Crippen molar-refractivity contribution in [1.82, 2.24) is 10.2 Å². The molecule has 0 saturated carbocycles. The summed E-state index contributed by atoms with van der Waals surface area (Å²) in [5, 5.41) is 3.01. The van der Waals surface area contributed by atoms with E-state index in [2.05, 4.69) is 22.3 Å². The van der Waals surface area contributed by atoms with E-state index >= 15 is 0 Å². The summed E-state index contributed by atoms with van der Waals surface area (Å²) in [6.07, 6.45) is 0.673. The molecular formula is C22H29N3O4. The summed E-state index contributed by atoms with van der Waals surface area (Å²) in [6.45, 7) is 3.64. The summed E-state index contributed by atoms with van der Waals surface area (Å²) in [5.41, 5.74) is 2.21. The van der Waals surface area contributed by atoms with E-state index in [-0.39, 0.29) is 6.03 Å². The molecule has 1 N–H and O–H groups in total. The van der Waals surface area contributed by atoms with Gasteiger partial charge in [-0.1, -0.05) is 18.2 Å². The molecule has 0 unspecified atom stereocenters. The van der Waals surface area contributed by atoms with E-state index in [0.29, 0.717) is 43.3 Å². The van der Waals surface area contributed by atoms with Crippen molar-refractivity contribution in [1.29, 1.82) is 0 Å². The number of methoxy groups -OCH3 is 3. The van der Waals surface area contributed by atoms with Crippen molar-refractivity contribution in [2.75, 3.05) is 59.0 Å². The Hall–Kier alpha value is -3.09. The summed E-state index contributed by atoms with van der Waals surface area (Å²) in [7, 11) is 4.77. The van der Waals surface area contributed by atoms with Gasteiger partial charge in [0.2, 0.25) is 5.75 Å². The highest BCUT2D eigenvalue weighted by atomic mass is 16.5. The van der Waals surface area contributed by atoms with Crippen LogP contribution >= 0.6 is 0 Å². The Morgan fingerprint density at radius 2 is 1.55 bits per heavy atom. The van der Waals surface area contributed by atoms with Crippen LogP contribution in [0.15, 0.2) is 42.5 Å². The van der Waals surface area contributed by atoms with E-state index in [1.807, 2.05) is 35.2 Å². The molecule has 0 aliphatic carbocycles. The van der Waals surface area contributed by atoms with Crippen LogP contribution in [0.1, 0.15) is 5.56 Å². The number of benzene rings is 2. The van der Waals surface area contributed by atoms with Crippen molar-refractivity contribution in [2.45, 2.75) is 6.42 Å². The Morgan fingerprint density at radius 1 is 0.931 bits per heavy atom. The number of hydrogen-bond donors (Lipinski definition) is 1. The summed E-state index contributed by atoms with van der Waals surface area (Å²) >= 11 is 0. The topological polar surface area (TPSA) is 63.3 Å². The smallest absolute Gasteiger partial charge is 0.317 e.